The Labute approximate surface area is 160 Å². The van der Waals surface area contributed by atoms with E-state index in [1.165, 1.54) is 16.2 Å². The largest absolute Gasteiger partial charge is 0.507 e. The quantitative estimate of drug-likeness (QED) is 0.333. The summed E-state index contributed by atoms with van der Waals surface area (Å²) >= 11 is 0. The van der Waals surface area contributed by atoms with Crippen molar-refractivity contribution in [3.63, 3.8) is 0 Å². The fraction of sp³-hybridized carbons (Fsp3) is 0. The summed E-state index contributed by atoms with van der Waals surface area (Å²) in [5.41, 5.74) is 2.79. The Morgan fingerprint density at radius 1 is 0.679 bits per heavy atom. The molecule has 0 fully saturated rings. The minimum absolute atomic E-state index is 0.167. The second-order valence-electron chi connectivity index (χ2n) is 6.97. The Kier molecular flexibility index (Phi) is 3.03. The molecule has 0 radical (unpaired) electrons. The predicted octanol–water partition coefficient (Wildman–Crippen LogP) is 6.66. The van der Waals surface area contributed by atoms with Crippen molar-refractivity contribution >= 4 is 43.5 Å². The van der Waals surface area contributed by atoms with Crippen LogP contribution in [0.1, 0.15) is 0 Å². The normalized spacial score (nSPS) is 11.7. The Hall–Kier alpha value is -3.85. The Balaban J connectivity index is 1.80. The lowest BCUT2D eigenvalue weighted by Crippen LogP contribution is -1.84. The maximum Gasteiger partial charge on any atom is 0.148 e. The van der Waals surface area contributed by atoms with Gasteiger partial charge in [0.05, 0.1) is 11.3 Å². The number of aromatic nitrogens is 1. The molecular weight excluding hydrogens is 346 g/mol. The van der Waals surface area contributed by atoms with E-state index >= 15 is 0 Å². The van der Waals surface area contributed by atoms with Gasteiger partial charge in [-0.25, -0.2) is 0 Å². The minimum atomic E-state index is 0.167. The van der Waals surface area contributed by atoms with Crippen LogP contribution in [0.25, 0.3) is 54.7 Å². The van der Waals surface area contributed by atoms with Crippen LogP contribution in [0.3, 0.4) is 0 Å². The molecule has 3 heteroatoms. The molecule has 1 N–H and O–H groups in total. The molecule has 28 heavy (non-hydrogen) atoms. The van der Waals surface area contributed by atoms with E-state index in [-0.39, 0.29) is 5.75 Å². The zero-order valence-corrected chi connectivity index (χ0v) is 14.9. The summed E-state index contributed by atoms with van der Waals surface area (Å²) < 4.78 is 6.24. The van der Waals surface area contributed by atoms with Crippen molar-refractivity contribution in [2.45, 2.75) is 0 Å². The summed E-state index contributed by atoms with van der Waals surface area (Å²) in [6.07, 6.45) is 1.72. The maximum atomic E-state index is 10.5. The van der Waals surface area contributed by atoms with Crippen LogP contribution in [0.4, 0.5) is 0 Å². The topological polar surface area (TPSA) is 46.3 Å². The summed E-state index contributed by atoms with van der Waals surface area (Å²) in [6, 6.07) is 26.1. The van der Waals surface area contributed by atoms with Gasteiger partial charge in [-0.2, -0.15) is 0 Å². The third-order valence-electron chi connectivity index (χ3n) is 5.43. The summed E-state index contributed by atoms with van der Waals surface area (Å²) in [6.45, 7) is 0. The van der Waals surface area contributed by atoms with Gasteiger partial charge in [0.15, 0.2) is 0 Å². The number of furan rings is 1. The van der Waals surface area contributed by atoms with Crippen molar-refractivity contribution in [3.05, 3.63) is 85.1 Å². The SMILES string of the molecule is Oc1ccc2c(oc3ccc4c5ccccc5ccc4c32)c1-c1ccccn1. The van der Waals surface area contributed by atoms with E-state index in [1.54, 1.807) is 12.3 Å². The van der Waals surface area contributed by atoms with E-state index in [4.69, 9.17) is 4.42 Å². The molecule has 2 aromatic heterocycles. The van der Waals surface area contributed by atoms with Gasteiger partial charge in [-0.15, -0.1) is 0 Å². The predicted molar refractivity (Wildman–Crippen MR) is 114 cm³/mol. The van der Waals surface area contributed by atoms with Gasteiger partial charge in [0.1, 0.15) is 16.9 Å². The van der Waals surface area contributed by atoms with Crippen LogP contribution in [0.2, 0.25) is 0 Å². The molecule has 0 saturated carbocycles. The number of nitrogens with zero attached hydrogens (tertiary/aromatic N) is 1. The second kappa shape index (κ2) is 5.57. The molecule has 0 unspecified atom stereocenters. The Morgan fingerprint density at radius 2 is 1.50 bits per heavy atom. The first-order valence-electron chi connectivity index (χ1n) is 9.21. The van der Waals surface area contributed by atoms with Gasteiger partial charge >= 0.3 is 0 Å². The van der Waals surface area contributed by atoms with Gasteiger partial charge in [0.2, 0.25) is 0 Å². The van der Waals surface area contributed by atoms with E-state index in [1.807, 2.05) is 30.3 Å². The second-order valence-corrected chi connectivity index (χ2v) is 6.97. The molecule has 0 aliphatic rings. The summed E-state index contributed by atoms with van der Waals surface area (Å²) in [7, 11) is 0. The molecule has 132 valence electrons. The zero-order chi connectivity index (χ0) is 18.7. The molecule has 0 aliphatic carbocycles. The van der Waals surface area contributed by atoms with Crippen molar-refractivity contribution < 1.29 is 9.52 Å². The third-order valence-corrected chi connectivity index (χ3v) is 5.43. The minimum Gasteiger partial charge on any atom is -0.507 e. The first kappa shape index (κ1) is 15.2. The average Bonchev–Trinajstić information content (AvgIpc) is 3.12. The van der Waals surface area contributed by atoms with E-state index in [0.717, 1.165) is 21.7 Å². The number of aromatic hydroxyl groups is 1. The molecule has 0 bridgehead atoms. The monoisotopic (exact) mass is 361 g/mol. The highest BCUT2D eigenvalue weighted by atomic mass is 16.3. The highest BCUT2D eigenvalue weighted by Crippen LogP contribution is 2.43. The number of hydrogen-bond donors (Lipinski definition) is 1. The molecule has 0 aliphatic heterocycles. The maximum absolute atomic E-state index is 10.5. The number of rotatable bonds is 1. The standard InChI is InChI=1S/C25H15NO2/c27-21-12-10-19-23-18-9-8-15-5-1-2-6-16(15)17(18)11-13-22(23)28-25(19)24(21)20-7-3-4-14-26-20/h1-14,27H. The molecule has 3 nitrogen and oxygen atoms in total. The highest BCUT2D eigenvalue weighted by Gasteiger charge is 2.18. The van der Waals surface area contributed by atoms with Crippen LogP contribution in [-0.4, -0.2) is 10.1 Å². The van der Waals surface area contributed by atoms with Gasteiger partial charge < -0.3 is 9.52 Å². The number of pyridine rings is 1. The van der Waals surface area contributed by atoms with E-state index in [9.17, 15) is 5.11 Å². The molecule has 0 saturated heterocycles. The molecule has 6 aromatic rings. The zero-order valence-electron chi connectivity index (χ0n) is 14.9. The molecular formula is C25H15NO2. The van der Waals surface area contributed by atoms with Crippen molar-refractivity contribution in [1.29, 1.82) is 0 Å². The molecule has 0 atom stereocenters. The van der Waals surface area contributed by atoms with Crippen LogP contribution in [-0.2, 0) is 0 Å². The molecule has 0 spiro atoms. The number of phenols is 1. The first-order valence-corrected chi connectivity index (χ1v) is 9.21. The van der Waals surface area contributed by atoms with Crippen molar-refractivity contribution in [2.75, 3.05) is 0 Å². The molecule has 4 aromatic carbocycles. The number of fused-ring (bicyclic) bond motifs is 7. The summed E-state index contributed by atoms with van der Waals surface area (Å²) in [4.78, 5) is 4.41. The smallest absolute Gasteiger partial charge is 0.148 e. The van der Waals surface area contributed by atoms with E-state index < -0.39 is 0 Å². The van der Waals surface area contributed by atoms with Gasteiger partial charge in [-0.1, -0.05) is 48.5 Å². The van der Waals surface area contributed by atoms with Crippen LogP contribution in [0.5, 0.6) is 5.75 Å². The van der Waals surface area contributed by atoms with Crippen molar-refractivity contribution in [2.24, 2.45) is 0 Å². The van der Waals surface area contributed by atoms with Gasteiger partial charge in [0.25, 0.3) is 0 Å². The summed E-state index contributed by atoms with van der Waals surface area (Å²) in [5.74, 6) is 0.167. The van der Waals surface area contributed by atoms with Gasteiger partial charge in [-0.3, -0.25) is 4.98 Å². The number of benzene rings is 4. The summed E-state index contributed by atoms with van der Waals surface area (Å²) in [5, 5.41) is 17.4. The van der Waals surface area contributed by atoms with Crippen LogP contribution in [0, 0.1) is 0 Å². The van der Waals surface area contributed by atoms with E-state index in [0.29, 0.717) is 16.8 Å². The number of hydrogen-bond acceptors (Lipinski definition) is 3. The van der Waals surface area contributed by atoms with Crippen molar-refractivity contribution in [1.82, 2.24) is 4.98 Å². The fourth-order valence-electron chi connectivity index (χ4n) is 4.17. The fourth-order valence-corrected chi connectivity index (χ4v) is 4.17. The molecule has 6 rings (SSSR count). The van der Waals surface area contributed by atoms with Crippen LogP contribution in [0.15, 0.2) is 89.5 Å². The Morgan fingerprint density at radius 3 is 2.39 bits per heavy atom. The van der Waals surface area contributed by atoms with Gasteiger partial charge in [0, 0.05) is 17.0 Å². The van der Waals surface area contributed by atoms with Crippen LogP contribution < -0.4 is 0 Å². The van der Waals surface area contributed by atoms with E-state index in [2.05, 4.69) is 47.4 Å². The molecule has 0 amide bonds. The lowest BCUT2D eigenvalue weighted by molar-refractivity contribution is 0.476. The molecule has 2 heterocycles. The lowest BCUT2D eigenvalue weighted by Gasteiger charge is -2.05. The lowest BCUT2D eigenvalue weighted by atomic mass is 9.97. The van der Waals surface area contributed by atoms with Gasteiger partial charge in [-0.05, 0) is 51.9 Å². The Bertz CT molecular complexity index is 1510. The first-order chi connectivity index (χ1) is 13.8. The average molecular weight is 361 g/mol. The van der Waals surface area contributed by atoms with Crippen LogP contribution >= 0.6 is 0 Å². The highest BCUT2D eigenvalue weighted by molar-refractivity contribution is 6.25. The number of phenolic OH excluding ortho intramolecular Hbond substituents is 1. The third kappa shape index (κ3) is 2.01. The van der Waals surface area contributed by atoms with Crippen molar-refractivity contribution in [3.8, 4) is 17.0 Å².